The number of hydrogen-bond donors (Lipinski definition) is 3. The number of carbonyl (C=O) groups excluding carboxylic acids is 2. The maximum atomic E-state index is 13.2. The van der Waals surface area contributed by atoms with Gasteiger partial charge in [-0.15, -0.1) is 16.4 Å². The van der Waals surface area contributed by atoms with Gasteiger partial charge in [0.15, 0.2) is 5.41 Å². The van der Waals surface area contributed by atoms with Crippen LogP contribution in [0.3, 0.4) is 0 Å². The molecule has 0 saturated carbocycles. The van der Waals surface area contributed by atoms with Crippen molar-refractivity contribution in [1.82, 2.24) is 5.43 Å². The lowest BCUT2D eigenvalue weighted by molar-refractivity contribution is -1.05. The fraction of sp³-hybridized carbons (Fsp3) is 0.667. The predicted molar refractivity (Wildman–Crippen MR) is 104 cm³/mol. The van der Waals surface area contributed by atoms with Gasteiger partial charge in [0.25, 0.3) is 5.91 Å². The zero-order valence-corrected chi connectivity index (χ0v) is 18.0. The number of aliphatic carboxylic acids is 1. The van der Waals surface area contributed by atoms with Gasteiger partial charge in [0.1, 0.15) is 6.54 Å². The van der Waals surface area contributed by atoms with Crippen molar-refractivity contribution in [2.75, 3.05) is 18.8 Å². The number of nitrogens with one attached hydrogen (secondary N) is 1. The van der Waals surface area contributed by atoms with Crippen LogP contribution in [-0.2, 0) is 19.1 Å². The molecule has 31 heavy (non-hydrogen) atoms. The number of carbonyl (C=O) groups is 3. The normalized spacial score (nSPS) is 33.4. The third-order valence-electron chi connectivity index (χ3n) is 5.27. The number of nitrogens with zero attached hydrogens (tertiary/aromatic N) is 2. The van der Waals surface area contributed by atoms with Gasteiger partial charge in [-0.3, -0.25) is 9.79 Å². The van der Waals surface area contributed by atoms with Crippen LogP contribution in [0.15, 0.2) is 17.1 Å². The second kappa shape index (κ2) is 8.79. The second-order valence-electron chi connectivity index (χ2n) is 7.32. The summed E-state index contributed by atoms with van der Waals surface area (Å²) < 4.78 is 43.0. The number of quaternary nitrogens is 1. The summed E-state index contributed by atoms with van der Waals surface area (Å²) in [6.07, 6.45) is -3.09. The maximum Gasteiger partial charge on any atom is 0.491 e. The second-order valence-corrected chi connectivity index (χ2v) is 8.40. The third-order valence-corrected chi connectivity index (χ3v) is 6.43. The van der Waals surface area contributed by atoms with Crippen molar-refractivity contribution in [3.8, 4) is 0 Å². The highest BCUT2D eigenvalue weighted by molar-refractivity contribution is 8.14. The first-order valence-electron chi connectivity index (χ1n) is 9.55. The van der Waals surface area contributed by atoms with E-state index in [1.165, 1.54) is 19.1 Å². The molecule has 0 spiro atoms. The first-order valence-corrected chi connectivity index (χ1v) is 10.5. The molecular formula is C18H25F3N3O6S+. The van der Waals surface area contributed by atoms with Crippen LogP contribution in [-0.4, -0.2) is 74.7 Å². The Balaban J connectivity index is 2.90. The van der Waals surface area contributed by atoms with Crippen LogP contribution in [0.1, 0.15) is 33.6 Å². The smallest absolute Gasteiger partial charge is 0.477 e. The number of carboxylic acids is 1. The van der Waals surface area contributed by atoms with Crippen LogP contribution in [0, 0.1) is 5.41 Å². The molecular weight excluding hydrogens is 443 g/mol. The zero-order valence-electron chi connectivity index (χ0n) is 17.2. The standard InChI is InChI=1S/C18H24F3N3O6S/c1-4-6-16(14-22-7-9-31-14)10-12(13(26)27)24(8-5-2,23-11(3)25)18(16,29)30-15(28)17(19,20)21/h4,6,12,29H,5,7-10H2,1-3H3,(H-,23,25,26,27)/p+1/b6-4-/t12-,16+,18+,24-/m1/s1. The molecule has 13 heteroatoms. The summed E-state index contributed by atoms with van der Waals surface area (Å²) in [6.45, 7) is 4.10. The van der Waals surface area contributed by atoms with E-state index in [2.05, 4.69) is 10.4 Å². The number of halogens is 3. The van der Waals surface area contributed by atoms with E-state index in [4.69, 9.17) is 4.74 Å². The molecule has 0 aliphatic carbocycles. The first-order chi connectivity index (χ1) is 14.3. The third kappa shape index (κ3) is 4.05. The molecule has 9 nitrogen and oxygen atoms in total. The van der Waals surface area contributed by atoms with E-state index < -0.39 is 52.4 Å². The van der Waals surface area contributed by atoms with E-state index in [0.717, 1.165) is 18.7 Å². The molecule has 0 unspecified atom stereocenters. The highest BCUT2D eigenvalue weighted by Crippen LogP contribution is 2.57. The Labute approximate surface area is 180 Å². The minimum Gasteiger partial charge on any atom is -0.477 e. The molecule has 174 valence electrons. The summed E-state index contributed by atoms with van der Waals surface area (Å²) in [5.74, 6) is -7.70. The molecule has 2 heterocycles. The van der Waals surface area contributed by atoms with Crippen molar-refractivity contribution in [2.45, 2.75) is 51.7 Å². The predicted octanol–water partition coefficient (Wildman–Crippen LogP) is 1.58. The van der Waals surface area contributed by atoms with Gasteiger partial charge in [0.2, 0.25) is 6.04 Å². The van der Waals surface area contributed by atoms with Crippen LogP contribution in [0.25, 0.3) is 0 Å². The number of rotatable bonds is 7. The maximum absolute atomic E-state index is 13.2. The van der Waals surface area contributed by atoms with Crippen LogP contribution < -0.4 is 5.43 Å². The first kappa shape index (κ1) is 25.1. The molecule has 0 aromatic heterocycles. The monoisotopic (exact) mass is 468 g/mol. The largest absolute Gasteiger partial charge is 0.491 e. The van der Waals surface area contributed by atoms with Gasteiger partial charge in [0.05, 0.1) is 5.04 Å². The molecule has 2 aliphatic heterocycles. The Morgan fingerprint density at radius 3 is 2.48 bits per heavy atom. The number of aliphatic imine (C=N–C) groups is 1. The summed E-state index contributed by atoms with van der Waals surface area (Å²) in [5.41, 5.74) is 0.371. The molecule has 0 bridgehead atoms. The van der Waals surface area contributed by atoms with Crippen LogP contribution >= 0.6 is 11.8 Å². The fourth-order valence-corrected chi connectivity index (χ4v) is 5.41. The number of esters is 1. The lowest BCUT2D eigenvalue weighted by Crippen LogP contribution is -2.78. The van der Waals surface area contributed by atoms with Gasteiger partial charge < -0.3 is 14.9 Å². The SMILES string of the molecule is C/C=C\[C@@]1(C2=NCCS2)C[C@H](C(=O)O)[N@@+](CCC)(NC(C)=O)[C@@]1(O)OC(=O)C(F)(F)F. The van der Waals surface area contributed by atoms with E-state index >= 15 is 0 Å². The minimum absolute atomic E-state index is 0.135. The quantitative estimate of drug-likeness (QED) is 0.224. The molecule has 2 aliphatic rings. The number of carboxylic acid groups (broad SMARTS) is 1. The topological polar surface area (TPSA) is 125 Å². The van der Waals surface area contributed by atoms with Gasteiger partial charge in [-0.1, -0.05) is 19.1 Å². The van der Waals surface area contributed by atoms with E-state index in [0.29, 0.717) is 5.75 Å². The lowest BCUT2D eigenvalue weighted by Gasteiger charge is -2.47. The highest BCUT2D eigenvalue weighted by atomic mass is 32.2. The van der Waals surface area contributed by atoms with Gasteiger partial charge >= 0.3 is 24.0 Å². The Morgan fingerprint density at radius 2 is 2.06 bits per heavy atom. The van der Waals surface area contributed by atoms with Crippen molar-refractivity contribution in [2.24, 2.45) is 10.4 Å². The molecule has 0 aromatic rings. The van der Waals surface area contributed by atoms with E-state index in [-0.39, 0.29) is 24.6 Å². The number of aliphatic hydroxyl groups is 1. The number of alkyl halides is 3. The summed E-state index contributed by atoms with van der Waals surface area (Å²) in [5, 5.41) is 21.9. The number of allylic oxidation sites excluding steroid dienone is 1. The molecule has 0 aromatic carbocycles. The highest BCUT2D eigenvalue weighted by Gasteiger charge is 2.81. The Hall–Kier alpha value is -2.12. The molecule has 4 atom stereocenters. The van der Waals surface area contributed by atoms with Gasteiger partial charge in [-0.05, 0) is 13.3 Å². The Bertz CT molecular complexity index is 820. The van der Waals surface area contributed by atoms with Crippen molar-refractivity contribution in [3.63, 3.8) is 0 Å². The molecule has 0 radical (unpaired) electrons. The van der Waals surface area contributed by atoms with Gasteiger partial charge in [-0.25, -0.2) is 9.59 Å². The number of amides is 1. The summed E-state index contributed by atoms with van der Waals surface area (Å²) in [7, 11) is 0. The van der Waals surface area contributed by atoms with Crippen LogP contribution in [0.2, 0.25) is 0 Å². The van der Waals surface area contributed by atoms with E-state index in [9.17, 15) is 37.8 Å². The minimum atomic E-state index is -5.47. The number of likely N-dealkylation sites (tertiary alicyclic amines) is 1. The van der Waals surface area contributed by atoms with Gasteiger partial charge in [-0.2, -0.15) is 18.6 Å². The van der Waals surface area contributed by atoms with Gasteiger partial charge in [0, 0.05) is 25.6 Å². The number of ether oxygens (including phenoxy) is 1. The zero-order chi connectivity index (χ0) is 23.7. The fourth-order valence-electron chi connectivity index (χ4n) is 4.31. The van der Waals surface area contributed by atoms with Crippen LogP contribution in [0.4, 0.5) is 13.2 Å². The molecule has 1 amide bonds. The van der Waals surface area contributed by atoms with Crippen molar-refractivity contribution in [3.05, 3.63) is 12.2 Å². The van der Waals surface area contributed by atoms with Crippen molar-refractivity contribution < 1.29 is 47.1 Å². The Kier molecular flexibility index (Phi) is 7.13. The summed E-state index contributed by atoms with van der Waals surface area (Å²) in [6, 6.07) is -1.63. The van der Waals surface area contributed by atoms with E-state index in [1.54, 1.807) is 6.92 Å². The molecule has 3 N–H and O–H groups in total. The molecule has 1 fully saturated rings. The summed E-state index contributed by atoms with van der Waals surface area (Å²) in [4.78, 5) is 40.5. The number of thioether (sulfide) groups is 1. The molecule has 2 rings (SSSR count). The van der Waals surface area contributed by atoms with Crippen LogP contribution in [0.5, 0.6) is 0 Å². The lowest BCUT2D eigenvalue weighted by atomic mass is 9.82. The van der Waals surface area contributed by atoms with Crippen molar-refractivity contribution >= 4 is 34.7 Å². The average molecular weight is 468 g/mol. The molecule has 1 saturated heterocycles. The van der Waals surface area contributed by atoms with Crippen molar-refractivity contribution in [1.29, 1.82) is 0 Å². The average Bonchev–Trinajstić information content (AvgIpc) is 3.23. The summed E-state index contributed by atoms with van der Waals surface area (Å²) >= 11 is 1.12. The van der Waals surface area contributed by atoms with E-state index in [1.807, 2.05) is 0 Å². The number of hydrogen-bond acceptors (Lipinski definition) is 7. The Morgan fingerprint density at radius 1 is 1.42 bits per heavy atom.